The van der Waals surface area contributed by atoms with Crippen LogP contribution in [0, 0.1) is 11.6 Å². The van der Waals surface area contributed by atoms with Gasteiger partial charge in [0.2, 0.25) is 5.91 Å². The van der Waals surface area contributed by atoms with E-state index in [-0.39, 0.29) is 11.4 Å². The molecule has 1 aromatic carbocycles. The number of rotatable bonds is 3. The minimum Gasteiger partial charge on any atom is -0.480 e. The number of carbonyl (C=O) groups excluding carboxylic acids is 1. The Hall–Kier alpha value is -2.18. The van der Waals surface area contributed by atoms with Crippen LogP contribution in [0.2, 0.25) is 0 Å². The quantitative estimate of drug-likeness (QED) is 0.875. The van der Waals surface area contributed by atoms with Crippen molar-refractivity contribution in [2.45, 2.75) is 19.4 Å². The zero-order chi connectivity index (χ0) is 14.2. The number of carboxylic acid groups (broad SMARTS) is 1. The first kappa shape index (κ1) is 13.3. The van der Waals surface area contributed by atoms with Crippen LogP contribution in [0.5, 0.6) is 0 Å². The number of benzene rings is 1. The monoisotopic (exact) mass is 270 g/mol. The fourth-order valence-electron chi connectivity index (χ4n) is 2.01. The normalized spacial score (nSPS) is 17.9. The molecule has 2 rings (SSSR count). The molecule has 1 atom stereocenters. The van der Waals surface area contributed by atoms with E-state index in [0.29, 0.717) is 6.42 Å². The largest absolute Gasteiger partial charge is 0.480 e. The maximum absolute atomic E-state index is 13.2. The Morgan fingerprint density at radius 1 is 1.42 bits per heavy atom. The fraction of sp³-hybridized carbons (Fsp3) is 0.333. The third-order valence-corrected chi connectivity index (χ3v) is 2.92. The molecular formula is C12H12F2N2O3. The number of carbonyl (C=O) groups is 2. The van der Waals surface area contributed by atoms with Crippen LogP contribution >= 0.6 is 0 Å². The first-order chi connectivity index (χ1) is 8.93. The Labute approximate surface area is 107 Å². The molecule has 0 radical (unpaired) electrons. The molecule has 2 N–H and O–H groups in total. The van der Waals surface area contributed by atoms with Crippen molar-refractivity contribution in [1.29, 1.82) is 0 Å². The van der Waals surface area contributed by atoms with Gasteiger partial charge in [-0.15, -0.1) is 0 Å². The van der Waals surface area contributed by atoms with Crippen molar-refractivity contribution in [2.75, 3.05) is 16.8 Å². The summed E-state index contributed by atoms with van der Waals surface area (Å²) in [5.41, 5.74) is 0.252. The summed E-state index contributed by atoms with van der Waals surface area (Å²) in [6, 6.07) is 1.11. The number of nitrogens with zero attached hydrogens (tertiary/aromatic N) is 1. The minimum atomic E-state index is -1.22. The van der Waals surface area contributed by atoms with Crippen LogP contribution in [0.4, 0.5) is 20.2 Å². The van der Waals surface area contributed by atoms with Crippen molar-refractivity contribution in [3.05, 3.63) is 23.8 Å². The van der Waals surface area contributed by atoms with Crippen molar-refractivity contribution < 1.29 is 23.5 Å². The highest BCUT2D eigenvalue weighted by Crippen LogP contribution is 2.33. The molecule has 0 saturated heterocycles. The molecule has 0 aromatic heterocycles. The Balaban J connectivity index is 2.50. The van der Waals surface area contributed by atoms with Gasteiger partial charge in [0.05, 0.1) is 11.4 Å². The minimum absolute atomic E-state index is 0.0380. The summed E-state index contributed by atoms with van der Waals surface area (Å²) in [6.45, 7) is 1.15. The molecule has 1 amide bonds. The van der Waals surface area contributed by atoms with Crippen LogP contribution in [0.1, 0.15) is 13.3 Å². The topological polar surface area (TPSA) is 69.6 Å². The van der Waals surface area contributed by atoms with E-state index in [4.69, 9.17) is 5.11 Å². The molecular weight excluding hydrogens is 258 g/mol. The lowest BCUT2D eigenvalue weighted by atomic mass is 10.1. The van der Waals surface area contributed by atoms with E-state index in [1.807, 2.05) is 0 Å². The van der Waals surface area contributed by atoms with Crippen LogP contribution in [0.3, 0.4) is 0 Å². The van der Waals surface area contributed by atoms with Gasteiger partial charge >= 0.3 is 5.97 Å². The standard InChI is InChI=1S/C12H12F2N2O3/c1-2-8-12(19)16(5-11(17)18)10-4-7(14)6(13)3-9(10)15-8/h3-4,8,15H,2,5H2,1H3,(H,17,18). The van der Waals surface area contributed by atoms with Gasteiger partial charge in [-0.1, -0.05) is 6.92 Å². The van der Waals surface area contributed by atoms with E-state index >= 15 is 0 Å². The van der Waals surface area contributed by atoms with E-state index in [9.17, 15) is 18.4 Å². The number of anilines is 2. The van der Waals surface area contributed by atoms with Gasteiger partial charge in [-0.2, -0.15) is 0 Å². The zero-order valence-corrected chi connectivity index (χ0v) is 10.1. The molecule has 5 nitrogen and oxygen atoms in total. The van der Waals surface area contributed by atoms with Gasteiger partial charge in [-0.05, 0) is 6.42 Å². The lowest BCUT2D eigenvalue weighted by molar-refractivity contribution is -0.136. The zero-order valence-electron chi connectivity index (χ0n) is 10.1. The van der Waals surface area contributed by atoms with Crippen LogP contribution in [0.25, 0.3) is 0 Å². The van der Waals surface area contributed by atoms with E-state index in [0.717, 1.165) is 17.0 Å². The first-order valence-corrected chi connectivity index (χ1v) is 5.72. The number of aliphatic carboxylic acids is 1. The lowest BCUT2D eigenvalue weighted by Crippen LogP contribution is -2.49. The van der Waals surface area contributed by atoms with Crippen LogP contribution in [-0.2, 0) is 9.59 Å². The summed E-state index contributed by atoms with van der Waals surface area (Å²) in [5, 5.41) is 11.6. The molecule has 0 aliphatic carbocycles. The number of hydrogen-bond acceptors (Lipinski definition) is 3. The molecule has 0 saturated carbocycles. The van der Waals surface area contributed by atoms with Crippen molar-refractivity contribution >= 4 is 23.3 Å². The molecule has 1 aromatic rings. The summed E-state index contributed by atoms with van der Waals surface area (Å²) in [7, 11) is 0. The van der Waals surface area contributed by atoms with E-state index in [1.165, 1.54) is 0 Å². The summed E-state index contributed by atoms with van der Waals surface area (Å²) < 4.78 is 26.4. The number of carboxylic acids is 1. The van der Waals surface area contributed by atoms with Gasteiger partial charge in [0, 0.05) is 12.1 Å². The summed E-state index contributed by atoms with van der Waals surface area (Å²) in [6.07, 6.45) is 0.410. The van der Waals surface area contributed by atoms with Gasteiger partial charge in [0.1, 0.15) is 12.6 Å². The van der Waals surface area contributed by atoms with Crippen molar-refractivity contribution in [1.82, 2.24) is 0 Å². The number of fused-ring (bicyclic) bond motifs is 1. The highest BCUT2D eigenvalue weighted by Gasteiger charge is 2.33. The highest BCUT2D eigenvalue weighted by molar-refractivity contribution is 6.07. The molecule has 19 heavy (non-hydrogen) atoms. The van der Waals surface area contributed by atoms with E-state index < -0.39 is 36.1 Å². The average molecular weight is 270 g/mol. The predicted octanol–water partition coefficient (Wildman–Crippen LogP) is 1.59. The first-order valence-electron chi connectivity index (χ1n) is 5.72. The Morgan fingerprint density at radius 3 is 2.63 bits per heavy atom. The number of hydrogen-bond donors (Lipinski definition) is 2. The van der Waals surface area contributed by atoms with Gasteiger partial charge in [0.25, 0.3) is 0 Å². The smallest absolute Gasteiger partial charge is 0.323 e. The highest BCUT2D eigenvalue weighted by atomic mass is 19.2. The molecule has 1 heterocycles. The van der Waals surface area contributed by atoms with E-state index in [1.54, 1.807) is 6.92 Å². The third-order valence-electron chi connectivity index (χ3n) is 2.92. The number of nitrogens with one attached hydrogen (secondary N) is 1. The van der Waals surface area contributed by atoms with Gasteiger partial charge < -0.3 is 10.4 Å². The molecule has 0 bridgehead atoms. The second kappa shape index (κ2) is 4.83. The molecule has 1 aliphatic heterocycles. The lowest BCUT2D eigenvalue weighted by Gasteiger charge is -2.34. The molecule has 7 heteroatoms. The van der Waals surface area contributed by atoms with Crippen LogP contribution in [-0.4, -0.2) is 29.6 Å². The molecule has 0 fully saturated rings. The van der Waals surface area contributed by atoms with Crippen LogP contribution in [0.15, 0.2) is 12.1 Å². The number of amides is 1. The maximum atomic E-state index is 13.2. The maximum Gasteiger partial charge on any atom is 0.323 e. The van der Waals surface area contributed by atoms with Gasteiger partial charge in [0.15, 0.2) is 11.6 Å². The second-order valence-electron chi connectivity index (χ2n) is 4.21. The summed E-state index contributed by atoms with van der Waals surface area (Å²) >= 11 is 0. The Morgan fingerprint density at radius 2 is 2.05 bits per heavy atom. The molecule has 0 spiro atoms. The van der Waals surface area contributed by atoms with Gasteiger partial charge in [-0.25, -0.2) is 8.78 Å². The van der Waals surface area contributed by atoms with Crippen LogP contribution < -0.4 is 10.2 Å². The number of halogens is 2. The summed E-state index contributed by atoms with van der Waals surface area (Å²) in [5.74, 6) is -3.87. The third kappa shape index (κ3) is 2.35. The average Bonchev–Trinajstić information content (AvgIpc) is 2.34. The predicted molar refractivity (Wildman–Crippen MR) is 64.0 cm³/mol. The fourth-order valence-corrected chi connectivity index (χ4v) is 2.01. The molecule has 1 unspecified atom stereocenters. The van der Waals surface area contributed by atoms with E-state index in [2.05, 4.69) is 5.32 Å². The second-order valence-corrected chi connectivity index (χ2v) is 4.21. The summed E-state index contributed by atoms with van der Waals surface area (Å²) in [4.78, 5) is 23.8. The Kier molecular flexibility index (Phi) is 3.37. The van der Waals surface area contributed by atoms with Crippen molar-refractivity contribution in [3.63, 3.8) is 0 Å². The van der Waals surface area contributed by atoms with Gasteiger partial charge in [-0.3, -0.25) is 14.5 Å². The molecule has 1 aliphatic rings. The van der Waals surface area contributed by atoms with Crippen molar-refractivity contribution in [2.24, 2.45) is 0 Å². The SMILES string of the molecule is CCC1Nc2cc(F)c(F)cc2N(CC(=O)O)C1=O. The van der Waals surface area contributed by atoms with Crippen molar-refractivity contribution in [3.8, 4) is 0 Å². The molecule has 102 valence electrons. The Bertz CT molecular complexity index is 548.